The minimum Gasteiger partial charge on any atom is -0.493 e. The van der Waals surface area contributed by atoms with Crippen LogP contribution in [0.1, 0.15) is 17.6 Å². The fourth-order valence-corrected chi connectivity index (χ4v) is 3.04. The van der Waals surface area contributed by atoms with Crippen molar-refractivity contribution in [2.24, 2.45) is 0 Å². The van der Waals surface area contributed by atoms with Crippen LogP contribution < -0.4 is 4.74 Å². The van der Waals surface area contributed by atoms with Gasteiger partial charge in [0.2, 0.25) is 0 Å². The molecule has 0 bridgehead atoms. The van der Waals surface area contributed by atoms with Crippen molar-refractivity contribution in [1.29, 1.82) is 0 Å². The number of aryl methyl sites for hydroxylation is 1. The van der Waals surface area contributed by atoms with Gasteiger partial charge in [-0.1, -0.05) is 25.1 Å². The van der Waals surface area contributed by atoms with Gasteiger partial charge >= 0.3 is 0 Å². The summed E-state index contributed by atoms with van der Waals surface area (Å²) in [6, 6.07) is 9.94. The van der Waals surface area contributed by atoms with E-state index in [2.05, 4.69) is 17.3 Å². The zero-order chi connectivity index (χ0) is 12.6. The highest BCUT2D eigenvalue weighted by atomic mass is 32.2. The van der Waals surface area contributed by atoms with Crippen LogP contribution in [0.3, 0.4) is 0 Å². The van der Waals surface area contributed by atoms with Gasteiger partial charge in [-0.15, -0.1) is 11.3 Å². The molecule has 2 rings (SSSR count). The summed E-state index contributed by atoms with van der Waals surface area (Å²) in [5, 5.41) is 3.38. The molecule has 0 aliphatic rings. The fourth-order valence-electron chi connectivity index (χ4n) is 1.49. The Bertz CT molecular complexity index is 456. The summed E-state index contributed by atoms with van der Waals surface area (Å²) in [6.45, 7) is 2.89. The number of rotatable bonds is 7. The van der Waals surface area contributed by atoms with Crippen LogP contribution in [0.5, 0.6) is 5.75 Å². The molecule has 1 aromatic heterocycles. The molecule has 0 N–H and O–H groups in total. The second kappa shape index (κ2) is 7.44. The molecular formula is C14H17NOS2. The Balaban J connectivity index is 1.61. The normalized spacial score (nSPS) is 10.5. The SMILES string of the molecule is CCc1nc(CSCCOc2ccccc2)cs1. The van der Waals surface area contributed by atoms with Crippen molar-refractivity contribution >= 4 is 23.1 Å². The standard InChI is InChI=1S/C14H17NOS2/c1-2-14-15-12(11-18-14)10-17-9-8-16-13-6-4-3-5-7-13/h3-7,11H,2,8-10H2,1H3. The van der Waals surface area contributed by atoms with Gasteiger partial charge in [0.25, 0.3) is 0 Å². The molecule has 1 heterocycles. The van der Waals surface area contributed by atoms with E-state index >= 15 is 0 Å². The predicted octanol–water partition coefficient (Wildman–Crippen LogP) is 4.02. The van der Waals surface area contributed by atoms with Gasteiger partial charge < -0.3 is 4.74 Å². The Morgan fingerprint density at radius 1 is 1.28 bits per heavy atom. The maximum absolute atomic E-state index is 5.63. The van der Waals surface area contributed by atoms with Gasteiger partial charge in [-0.2, -0.15) is 11.8 Å². The quantitative estimate of drug-likeness (QED) is 0.715. The molecule has 2 nitrogen and oxygen atoms in total. The topological polar surface area (TPSA) is 22.1 Å². The van der Waals surface area contributed by atoms with E-state index in [1.54, 1.807) is 11.3 Å². The molecule has 2 aromatic rings. The molecule has 0 aliphatic carbocycles. The van der Waals surface area contributed by atoms with Gasteiger partial charge in [0.15, 0.2) is 0 Å². The lowest BCUT2D eigenvalue weighted by atomic mass is 10.3. The third-order valence-corrected chi connectivity index (χ3v) is 4.39. The minimum atomic E-state index is 0.749. The summed E-state index contributed by atoms with van der Waals surface area (Å²) < 4.78 is 5.63. The first-order valence-electron chi connectivity index (χ1n) is 6.07. The lowest BCUT2D eigenvalue weighted by Gasteiger charge is -2.04. The van der Waals surface area contributed by atoms with Gasteiger partial charge in [-0.3, -0.25) is 0 Å². The first kappa shape index (κ1) is 13.4. The number of nitrogens with zero attached hydrogens (tertiary/aromatic N) is 1. The second-order valence-corrected chi connectivity index (χ2v) is 5.85. The van der Waals surface area contributed by atoms with Crippen LogP contribution >= 0.6 is 23.1 Å². The van der Waals surface area contributed by atoms with E-state index in [0.717, 1.165) is 30.3 Å². The molecule has 0 spiro atoms. The summed E-state index contributed by atoms with van der Waals surface area (Å²) in [5.74, 6) is 2.92. The minimum absolute atomic E-state index is 0.749. The fraction of sp³-hybridized carbons (Fsp3) is 0.357. The molecule has 0 unspecified atom stereocenters. The van der Waals surface area contributed by atoms with Crippen molar-refractivity contribution in [2.45, 2.75) is 19.1 Å². The van der Waals surface area contributed by atoms with Crippen molar-refractivity contribution in [3.8, 4) is 5.75 Å². The molecule has 4 heteroatoms. The van der Waals surface area contributed by atoms with Crippen LogP contribution in [-0.2, 0) is 12.2 Å². The van der Waals surface area contributed by atoms with Crippen molar-refractivity contribution in [2.75, 3.05) is 12.4 Å². The number of para-hydroxylation sites is 1. The van der Waals surface area contributed by atoms with E-state index in [0.29, 0.717) is 0 Å². The largest absolute Gasteiger partial charge is 0.493 e. The van der Waals surface area contributed by atoms with Crippen LogP contribution in [0.2, 0.25) is 0 Å². The maximum Gasteiger partial charge on any atom is 0.119 e. The lowest BCUT2D eigenvalue weighted by molar-refractivity contribution is 0.344. The summed E-state index contributed by atoms with van der Waals surface area (Å²) in [6.07, 6.45) is 1.03. The van der Waals surface area contributed by atoms with Gasteiger partial charge in [0.05, 0.1) is 17.3 Å². The van der Waals surface area contributed by atoms with Crippen molar-refractivity contribution in [1.82, 2.24) is 4.98 Å². The second-order valence-electron chi connectivity index (χ2n) is 3.80. The van der Waals surface area contributed by atoms with Gasteiger partial charge in [-0.05, 0) is 18.6 Å². The molecule has 0 atom stereocenters. The van der Waals surface area contributed by atoms with Crippen molar-refractivity contribution in [3.63, 3.8) is 0 Å². The number of benzene rings is 1. The highest BCUT2D eigenvalue weighted by Gasteiger charge is 2.00. The molecule has 96 valence electrons. The van der Waals surface area contributed by atoms with Crippen LogP contribution in [0.15, 0.2) is 35.7 Å². The average Bonchev–Trinajstić information content (AvgIpc) is 2.87. The van der Waals surface area contributed by atoms with Gasteiger partial charge in [0, 0.05) is 16.9 Å². The van der Waals surface area contributed by atoms with Crippen molar-refractivity contribution < 1.29 is 4.74 Å². The smallest absolute Gasteiger partial charge is 0.119 e. The molecule has 0 saturated heterocycles. The zero-order valence-electron chi connectivity index (χ0n) is 10.5. The van der Waals surface area contributed by atoms with E-state index in [-0.39, 0.29) is 0 Å². The number of aromatic nitrogens is 1. The number of thiazole rings is 1. The summed E-state index contributed by atoms with van der Waals surface area (Å²) in [7, 11) is 0. The van der Waals surface area contributed by atoms with Gasteiger partial charge in [0.1, 0.15) is 5.75 Å². The van der Waals surface area contributed by atoms with Crippen molar-refractivity contribution in [3.05, 3.63) is 46.4 Å². The Kier molecular flexibility index (Phi) is 5.55. The Hall–Kier alpha value is -1.00. The molecule has 0 saturated carbocycles. The van der Waals surface area contributed by atoms with Gasteiger partial charge in [-0.25, -0.2) is 4.98 Å². The van der Waals surface area contributed by atoms with Crippen LogP contribution in [0.4, 0.5) is 0 Å². The van der Waals surface area contributed by atoms with E-state index in [1.807, 2.05) is 42.1 Å². The van der Waals surface area contributed by atoms with Crippen LogP contribution in [0, 0.1) is 0 Å². The first-order valence-corrected chi connectivity index (χ1v) is 8.11. The number of thioether (sulfide) groups is 1. The first-order chi connectivity index (χ1) is 8.88. The summed E-state index contributed by atoms with van der Waals surface area (Å²) in [5.41, 5.74) is 1.20. The number of ether oxygens (including phenoxy) is 1. The molecule has 0 fully saturated rings. The number of hydrogen-bond donors (Lipinski definition) is 0. The molecular weight excluding hydrogens is 262 g/mol. The predicted molar refractivity (Wildman–Crippen MR) is 79.6 cm³/mol. The highest BCUT2D eigenvalue weighted by molar-refractivity contribution is 7.98. The summed E-state index contributed by atoms with van der Waals surface area (Å²) in [4.78, 5) is 4.54. The molecule has 0 radical (unpaired) electrons. The third-order valence-electron chi connectivity index (χ3n) is 2.39. The van der Waals surface area contributed by atoms with E-state index in [4.69, 9.17) is 4.74 Å². The maximum atomic E-state index is 5.63. The molecule has 0 amide bonds. The molecule has 0 aliphatic heterocycles. The van der Waals surface area contributed by atoms with E-state index < -0.39 is 0 Å². The average molecular weight is 279 g/mol. The molecule has 18 heavy (non-hydrogen) atoms. The van der Waals surface area contributed by atoms with Crippen LogP contribution in [0.25, 0.3) is 0 Å². The molecule has 1 aromatic carbocycles. The Morgan fingerprint density at radius 3 is 2.83 bits per heavy atom. The van der Waals surface area contributed by atoms with E-state index in [9.17, 15) is 0 Å². The Morgan fingerprint density at radius 2 is 2.11 bits per heavy atom. The Labute approximate surface area is 116 Å². The third kappa shape index (κ3) is 4.35. The summed E-state index contributed by atoms with van der Waals surface area (Å²) >= 11 is 3.62. The van der Waals surface area contributed by atoms with Crippen LogP contribution in [-0.4, -0.2) is 17.3 Å². The highest BCUT2D eigenvalue weighted by Crippen LogP contribution is 2.16. The number of hydrogen-bond acceptors (Lipinski definition) is 4. The van der Waals surface area contributed by atoms with E-state index in [1.165, 1.54) is 10.7 Å². The zero-order valence-corrected chi connectivity index (χ0v) is 12.1. The monoisotopic (exact) mass is 279 g/mol. The lowest BCUT2D eigenvalue weighted by Crippen LogP contribution is -2.00.